The third-order valence-corrected chi connectivity index (χ3v) is 3.76. The van der Waals surface area contributed by atoms with E-state index in [0.717, 1.165) is 5.56 Å². The van der Waals surface area contributed by atoms with E-state index in [2.05, 4.69) is 10.6 Å². The molecule has 0 aromatic heterocycles. The highest BCUT2D eigenvalue weighted by atomic mass is 35.5. The van der Waals surface area contributed by atoms with Gasteiger partial charge in [-0.3, -0.25) is 4.79 Å². The summed E-state index contributed by atoms with van der Waals surface area (Å²) in [5.41, 5.74) is 1.73. The highest BCUT2D eigenvalue weighted by Gasteiger charge is 2.14. The van der Waals surface area contributed by atoms with E-state index in [0.29, 0.717) is 16.3 Å². The number of rotatable bonds is 6. The molecule has 0 saturated heterocycles. The van der Waals surface area contributed by atoms with Crippen molar-refractivity contribution in [1.29, 1.82) is 0 Å². The first-order valence-electron chi connectivity index (χ1n) is 7.47. The minimum Gasteiger partial charge on any atom is -0.465 e. The number of carbonyl (C=O) groups excluding carboxylic acids is 2. The molecule has 126 valence electrons. The number of benzene rings is 2. The van der Waals surface area contributed by atoms with Gasteiger partial charge in [-0.2, -0.15) is 0 Å². The second-order valence-corrected chi connectivity index (χ2v) is 5.68. The average Bonchev–Trinajstić information content (AvgIpc) is 2.59. The summed E-state index contributed by atoms with van der Waals surface area (Å²) < 4.78 is 4.71. The zero-order chi connectivity index (χ0) is 17.5. The molecule has 0 unspecified atom stereocenters. The van der Waals surface area contributed by atoms with Crippen LogP contribution in [0.3, 0.4) is 0 Å². The zero-order valence-corrected chi connectivity index (χ0v) is 14.3. The Bertz CT molecular complexity index is 734. The van der Waals surface area contributed by atoms with Gasteiger partial charge in [0.25, 0.3) is 0 Å². The molecule has 6 heteroatoms. The molecule has 2 N–H and O–H groups in total. The first-order chi connectivity index (χ1) is 11.5. The summed E-state index contributed by atoms with van der Waals surface area (Å²) in [4.78, 5) is 23.8. The highest BCUT2D eigenvalue weighted by Crippen LogP contribution is 2.18. The van der Waals surface area contributed by atoms with E-state index in [1.54, 1.807) is 30.3 Å². The van der Waals surface area contributed by atoms with Crippen LogP contribution in [0.5, 0.6) is 0 Å². The van der Waals surface area contributed by atoms with Crippen LogP contribution < -0.4 is 10.6 Å². The first-order valence-corrected chi connectivity index (χ1v) is 7.85. The largest absolute Gasteiger partial charge is 0.465 e. The predicted molar refractivity (Wildman–Crippen MR) is 94.3 cm³/mol. The van der Waals surface area contributed by atoms with Gasteiger partial charge in [-0.25, -0.2) is 4.79 Å². The number of amides is 1. The van der Waals surface area contributed by atoms with Crippen LogP contribution in [0, 0.1) is 0 Å². The maximum absolute atomic E-state index is 12.1. The minimum absolute atomic E-state index is 0.0368. The van der Waals surface area contributed by atoms with Crippen LogP contribution >= 0.6 is 11.6 Å². The Balaban J connectivity index is 1.96. The number of methoxy groups -OCH3 is 1. The van der Waals surface area contributed by atoms with Gasteiger partial charge in [-0.1, -0.05) is 35.9 Å². The van der Waals surface area contributed by atoms with Crippen LogP contribution in [-0.4, -0.2) is 25.5 Å². The fraction of sp³-hybridized carbons (Fsp3) is 0.222. The number of hydrogen-bond acceptors (Lipinski definition) is 4. The lowest BCUT2D eigenvalue weighted by Gasteiger charge is -2.15. The van der Waals surface area contributed by atoms with Crippen LogP contribution in [0.15, 0.2) is 48.5 Å². The smallest absolute Gasteiger partial charge is 0.339 e. The number of nitrogens with one attached hydrogen (secondary N) is 2. The highest BCUT2D eigenvalue weighted by molar-refractivity contribution is 6.30. The number of ether oxygens (including phenoxy) is 1. The van der Waals surface area contributed by atoms with E-state index in [1.807, 2.05) is 25.1 Å². The summed E-state index contributed by atoms with van der Waals surface area (Å²) in [6, 6.07) is 14.1. The number of anilines is 1. The van der Waals surface area contributed by atoms with Crippen molar-refractivity contribution in [3.63, 3.8) is 0 Å². The van der Waals surface area contributed by atoms with Gasteiger partial charge < -0.3 is 15.4 Å². The molecule has 0 aliphatic carbocycles. The molecule has 24 heavy (non-hydrogen) atoms. The van der Waals surface area contributed by atoms with Gasteiger partial charge in [-0.05, 0) is 36.8 Å². The zero-order valence-electron chi connectivity index (χ0n) is 13.5. The van der Waals surface area contributed by atoms with Crippen molar-refractivity contribution in [3.8, 4) is 0 Å². The maximum atomic E-state index is 12.1. The van der Waals surface area contributed by atoms with Crippen molar-refractivity contribution in [3.05, 3.63) is 64.7 Å². The summed E-state index contributed by atoms with van der Waals surface area (Å²) in [6.07, 6.45) is 0. The molecule has 0 fully saturated rings. The molecule has 0 spiro atoms. The van der Waals surface area contributed by atoms with E-state index in [1.165, 1.54) is 7.11 Å². The number of carbonyl (C=O) groups is 2. The van der Waals surface area contributed by atoms with E-state index in [9.17, 15) is 9.59 Å². The van der Waals surface area contributed by atoms with E-state index in [4.69, 9.17) is 16.3 Å². The van der Waals surface area contributed by atoms with Crippen molar-refractivity contribution >= 4 is 29.2 Å². The Morgan fingerprint density at radius 1 is 1.17 bits per heavy atom. The first kappa shape index (κ1) is 18.0. The van der Waals surface area contributed by atoms with Crippen molar-refractivity contribution in [2.75, 3.05) is 19.0 Å². The standard InChI is InChI=1S/C18H19ClN2O3/c1-12(13-6-5-7-14(19)10-13)20-11-17(22)21-16-9-4-3-8-15(16)18(23)24-2/h3-10,12,20H,11H2,1-2H3,(H,21,22)/t12-/m1/s1. The van der Waals surface area contributed by atoms with E-state index >= 15 is 0 Å². The van der Waals surface area contributed by atoms with Crippen LogP contribution in [0.1, 0.15) is 28.9 Å². The number of esters is 1. The van der Waals surface area contributed by atoms with Crippen LogP contribution in [0.2, 0.25) is 5.02 Å². The Kier molecular flexibility index (Phi) is 6.35. The molecule has 0 radical (unpaired) electrons. The monoisotopic (exact) mass is 346 g/mol. The normalized spacial score (nSPS) is 11.6. The molecule has 0 aliphatic rings. The molecular formula is C18H19ClN2O3. The van der Waals surface area contributed by atoms with Gasteiger partial charge >= 0.3 is 5.97 Å². The molecule has 0 saturated carbocycles. The van der Waals surface area contributed by atoms with Gasteiger partial charge in [0.1, 0.15) is 0 Å². The maximum Gasteiger partial charge on any atom is 0.339 e. The molecule has 5 nitrogen and oxygen atoms in total. The molecular weight excluding hydrogens is 328 g/mol. The molecule has 1 atom stereocenters. The van der Waals surface area contributed by atoms with Crippen LogP contribution in [0.25, 0.3) is 0 Å². The van der Waals surface area contributed by atoms with Crippen LogP contribution in [0.4, 0.5) is 5.69 Å². The minimum atomic E-state index is -0.494. The molecule has 2 aromatic rings. The van der Waals surface area contributed by atoms with Crippen molar-refractivity contribution in [2.45, 2.75) is 13.0 Å². The number of hydrogen-bond donors (Lipinski definition) is 2. The van der Waals surface area contributed by atoms with Crippen molar-refractivity contribution in [2.24, 2.45) is 0 Å². The predicted octanol–water partition coefficient (Wildman–Crippen LogP) is 3.42. The second kappa shape index (κ2) is 8.47. The Labute approximate surface area is 146 Å². The van der Waals surface area contributed by atoms with Crippen molar-refractivity contribution < 1.29 is 14.3 Å². The Hall–Kier alpha value is -2.37. The molecule has 0 heterocycles. The molecule has 1 amide bonds. The van der Waals surface area contributed by atoms with Gasteiger partial charge in [0.05, 0.1) is 24.9 Å². The Morgan fingerprint density at radius 2 is 1.92 bits per heavy atom. The second-order valence-electron chi connectivity index (χ2n) is 5.24. The van der Waals surface area contributed by atoms with Crippen molar-refractivity contribution in [1.82, 2.24) is 5.32 Å². The summed E-state index contributed by atoms with van der Waals surface area (Å²) in [5.74, 6) is -0.744. The third kappa shape index (κ3) is 4.81. The molecule has 2 rings (SSSR count). The fourth-order valence-electron chi connectivity index (χ4n) is 2.21. The SMILES string of the molecule is COC(=O)c1ccccc1NC(=O)CN[C@H](C)c1cccc(Cl)c1. The lowest BCUT2D eigenvalue weighted by atomic mass is 10.1. The van der Waals surface area contributed by atoms with E-state index < -0.39 is 5.97 Å². The summed E-state index contributed by atoms with van der Waals surface area (Å²) in [5, 5.41) is 6.49. The topological polar surface area (TPSA) is 67.4 Å². The average molecular weight is 347 g/mol. The number of halogens is 1. The van der Waals surface area contributed by atoms with Gasteiger partial charge in [-0.15, -0.1) is 0 Å². The third-order valence-electron chi connectivity index (χ3n) is 3.52. The fourth-order valence-corrected chi connectivity index (χ4v) is 2.41. The lowest BCUT2D eigenvalue weighted by Crippen LogP contribution is -2.30. The summed E-state index contributed by atoms with van der Waals surface area (Å²) >= 11 is 5.97. The van der Waals surface area contributed by atoms with Crippen LogP contribution in [-0.2, 0) is 9.53 Å². The quantitative estimate of drug-likeness (QED) is 0.786. The van der Waals surface area contributed by atoms with Gasteiger partial charge in [0, 0.05) is 11.1 Å². The number of para-hydroxylation sites is 1. The van der Waals surface area contributed by atoms with Gasteiger partial charge in [0.15, 0.2) is 0 Å². The molecule has 0 aliphatic heterocycles. The van der Waals surface area contributed by atoms with E-state index in [-0.39, 0.29) is 18.5 Å². The summed E-state index contributed by atoms with van der Waals surface area (Å²) in [7, 11) is 1.30. The molecule has 0 bridgehead atoms. The summed E-state index contributed by atoms with van der Waals surface area (Å²) in [6.45, 7) is 2.05. The Morgan fingerprint density at radius 3 is 2.62 bits per heavy atom. The lowest BCUT2D eigenvalue weighted by molar-refractivity contribution is -0.115. The molecule has 2 aromatic carbocycles. The van der Waals surface area contributed by atoms with Gasteiger partial charge in [0.2, 0.25) is 5.91 Å².